The van der Waals surface area contributed by atoms with Gasteiger partial charge < -0.3 is 4.74 Å². The summed E-state index contributed by atoms with van der Waals surface area (Å²) in [6, 6.07) is 1.68. The molecule has 5 heteroatoms. The van der Waals surface area contributed by atoms with Crippen molar-refractivity contribution >= 4 is 11.6 Å². The number of rotatable bonds is 3. The summed E-state index contributed by atoms with van der Waals surface area (Å²) >= 11 is 5.84. The molecule has 1 saturated heterocycles. The molecule has 1 aliphatic rings. The molecule has 0 radical (unpaired) electrons. The van der Waals surface area contributed by atoms with Crippen LogP contribution in [-0.2, 0) is 4.74 Å². The highest BCUT2D eigenvalue weighted by molar-refractivity contribution is 6.29. The fraction of sp³-hybridized carbons (Fsp3) is 0.636. The molecule has 0 amide bonds. The summed E-state index contributed by atoms with van der Waals surface area (Å²) in [6.07, 6.45) is 2.79. The van der Waals surface area contributed by atoms with E-state index in [1.807, 2.05) is 0 Å². The predicted octanol–water partition coefficient (Wildman–Crippen LogP) is 1.91. The topological polar surface area (TPSA) is 38.2 Å². The summed E-state index contributed by atoms with van der Waals surface area (Å²) in [5.41, 5.74) is 0. The van der Waals surface area contributed by atoms with Crippen LogP contribution in [0.2, 0.25) is 5.15 Å². The quantitative estimate of drug-likeness (QED) is 0.758. The van der Waals surface area contributed by atoms with Crippen LogP contribution in [0.25, 0.3) is 0 Å². The van der Waals surface area contributed by atoms with Gasteiger partial charge in [0.1, 0.15) is 11.3 Å². The maximum atomic E-state index is 5.84. The van der Waals surface area contributed by atoms with E-state index < -0.39 is 0 Å². The van der Waals surface area contributed by atoms with Gasteiger partial charge >= 0.3 is 0 Å². The zero-order valence-corrected chi connectivity index (χ0v) is 10.2. The van der Waals surface area contributed by atoms with Gasteiger partial charge in [-0.3, -0.25) is 4.90 Å². The van der Waals surface area contributed by atoms with E-state index in [2.05, 4.69) is 21.8 Å². The van der Waals surface area contributed by atoms with Crippen LogP contribution < -0.4 is 0 Å². The Kier molecular flexibility index (Phi) is 4.09. The Labute approximate surface area is 101 Å². The van der Waals surface area contributed by atoms with Crippen molar-refractivity contribution in [3.05, 3.63) is 23.2 Å². The molecular formula is C11H16ClN3O. The van der Waals surface area contributed by atoms with Crippen molar-refractivity contribution in [2.75, 3.05) is 26.2 Å². The third-order valence-electron chi connectivity index (χ3n) is 2.62. The average Bonchev–Trinajstić information content (AvgIpc) is 2.30. The third kappa shape index (κ3) is 2.90. The second-order valence-electron chi connectivity index (χ2n) is 3.90. The molecule has 1 unspecified atom stereocenters. The minimum Gasteiger partial charge on any atom is -0.368 e. The van der Waals surface area contributed by atoms with Crippen molar-refractivity contribution in [2.24, 2.45) is 0 Å². The third-order valence-corrected chi connectivity index (χ3v) is 2.83. The average molecular weight is 242 g/mol. The zero-order chi connectivity index (χ0) is 11.4. The first-order valence-electron chi connectivity index (χ1n) is 5.62. The lowest BCUT2D eigenvalue weighted by Gasteiger charge is -2.31. The van der Waals surface area contributed by atoms with Crippen LogP contribution in [0.1, 0.15) is 25.3 Å². The molecule has 16 heavy (non-hydrogen) atoms. The Bertz CT molecular complexity index is 346. The molecule has 1 atom stereocenters. The first-order valence-corrected chi connectivity index (χ1v) is 6.00. The van der Waals surface area contributed by atoms with Crippen LogP contribution in [0.5, 0.6) is 0 Å². The van der Waals surface area contributed by atoms with Crippen LogP contribution in [0.15, 0.2) is 12.3 Å². The summed E-state index contributed by atoms with van der Waals surface area (Å²) in [5, 5.41) is 0.473. The summed E-state index contributed by atoms with van der Waals surface area (Å²) in [5.74, 6) is 0.688. The molecule has 0 saturated carbocycles. The lowest BCUT2D eigenvalue weighted by Crippen LogP contribution is -2.39. The highest BCUT2D eigenvalue weighted by Gasteiger charge is 2.23. The van der Waals surface area contributed by atoms with E-state index >= 15 is 0 Å². The van der Waals surface area contributed by atoms with Crippen molar-refractivity contribution < 1.29 is 4.74 Å². The monoisotopic (exact) mass is 241 g/mol. The minimum absolute atomic E-state index is 0.0426. The van der Waals surface area contributed by atoms with E-state index in [4.69, 9.17) is 16.3 Å². The van der Waals surface area contributed by atoms with E-state index in [0.717, 1.165) is 32.7 Å². The fourth-order valence-electron chi connectivity index (χ4n) is 1.88. The number of hydrogen-bond acceptors (Lipinski definition) is 4. The van der Waals surface area contributed by atoms with Crippen molar-refractivity contribution in [1.29, 1.82) is 0 Å². The van der Waals surface area contributed by atoms with Crippen molar-refractivity contribution in [2.45, 2.75) is 19.4 Å². The van der Waals surface area contributed by atoms with Gasteiger partial charge in [0, 0.05) is 19.3 Å². The molecule has 1 fully saturated rings. The van der Waals surface area contributed by atoms with Crippen LogP contribution >= 0.6 is 11.6 Å². The van der Waals surface area contributed by atoms with Crippen LogP contribution in [-0.4, -0.2) is 41.1 Å². The maximum Gasteiger partial charge on any atom is 0.160 e. The normalized spacial score (nSPS) is 22.2. The summed E-state index contributed by atoms with van der Waals surface area (Å²) in [4.78, 5) is 10.8. The van der Waals surface area contributed by atoms with E-state index in [0.29, 0.717) is 11.0 Å². The highest BCUT2D eigenvalue weighted by Crippen LogP contribution is 2.19. The largest absolute Gasteiger partial charge is 0.368 e. The summed E-state index contributed by atoms with van der Waals surface area (Å²) < 4.78 is 5.67. The summed E-state index contributed by atoms with van der Waals surface area (Å²) in [7, 11) is 0. The Morgan fingerprint density at radius 1 is 1.62 bits per heavy atom. The van der Waals surface area contributed by atoms with Crippen molar-refractivity contribution in [3.8, 4) is 0 Å². The van der Waals surface area contributed by atoms with Crippen LogP contribution in [0, 0.1) is 0 Å². The molecule has 0 spiro atoms. The van der Waals surface area contributed by atoms with Gasteiger partial charge in [-0.05, 0) is 19.0 Å². The van der Waals surface area contributed by atoms with Crippen molar-refractivity contribution in [1.82, 2.24) is 14.9 Å². The first-order chi connectivity index (χ1) is 7.79. The SMILES string of the molecule is CCCN1CCOC(c2nccc(Cl)n2)C1. The van der Waals surface area contributed by atoms with E-state index in [1.54, 1.807) is 12.3 Å². The molecule has 2 heterocycles. The molecular weight excluding hydrogens is 226 g/mol. The fourth-order valence-corrected chi connectivity index (χ4v) is 2.03. The number of aromatic nitrogens is 2. The molecule has 2 rings (SSSR count). The van der Waals surface area contributed by atoms with Gasteiger partial charge in [-0.1, -0.05) is 18.5 Å². The van der Waals surface area contributed by atoms with Gasteiger partial charge in [0.15, 0.2) is 5.82 Å². The molecule has 1 aliphatic heterocycles. The molecule has 88 valence electrons. The van der Waals surface area contributed by atoms with E-state index in [1.165, 1.54) is 0 Å². The Morgan fingerprint density at radius 3 is 3.25 bits per heavy atom. The number of morpholine rings is 1. The zero-order valence-electron chi connectivity index (χ0n) is 9.40. The molecule has 0 aromatic carbocycles. The van der Waals surface area contributed by atoms with Gasteiger partial charge in [0.25, 0.3) is 0 Å². The van der Waals surface area contributed by atoms with Crippen LogP contribution in [0.3, 0.4) is 0 Å². The van der Waals surface area contributed by atoms with Gasteiger partial charge in [0.05, 0.1) is 6.61 Å². The second-order valence-corrected chi connectivity index (χ2v) is 4.28. The lowest BCUT2D eigenvalue weighted by molar-refractivity contribution is -0.0342. The Hall–Kier alpha value is -0.710. The molecule has 0 N–H and O–H groups in total. The predicted molar refractivity (Wildman–Crippen MR) is 62.5 cm³/mol. The minimum atomic E-state index is -0.0426. The van der Waals surface area contributed by atoms with E-state index in [-0.39, 0.29) is 6.10 Å². The van der Waals surface area contributed by atoms with Gasteiger partial charge in [-0.15, -0.1) is 0 Å². The van der Waals surface area contributed by atoms with Gasteiger partial charge in [-0.25, -0.2) is 9.97 Å². The number of nitrogens with zero attached hydrogens (tertiary/aromatic N) is 3. The highest BCUT2D eigenvalue weighted by atomic mass is 35.5. The molecule has 0 bridgehead atoms. The smallest absolute Gasteiger partial charge is 0.160 e. The molecule has 1 aromatic heterocycles. The molecule has 1 aromatic rings. The van der Waals surface area contributed by atoms with Crippen LogP contribution in [0.4, 0.5) is 0 Å². The Balaban J connectivity index is 2.03. The number of hydrogen-bond donors (Lipinski definition) is 0. The number of ether oxygens (including phenoxy) is 1. The number of halogens is 1. The van der Waals surface area contributed by atoms with Crippen molar-refractivity contribution in [3.63, 3.8) is 0 Å². The molecule has 0 aliphatic carbocycles. The lowest BCUT2D eigenvalue weighted by atomic mass is 10.2. The second kappa shape index (κ2) is 5.57. The molecule has 4 nitrogen and oxygen atoms in total. The first kappa shape index (κ1) is 11.8. The Morgan fingerprint density at radius 2 is 2.50 bits per heavy atom. The van der Waals surface area contributed by atoms with Gasteiger partial charge in [-0.2, -0.15) is 0 Å². The van der Waals surface area contributed by atoms with E-state index in [9.17, 15) is 0 Å². The maximum absolute atomic E-state index is 5.84. The van der Waals surface area contributed by atoms with Gasteiger partial charge in [0.2, 0.25) is 0 Å². The summed E-state index contributed by atoms with van der Waals surface area (Å²) in [6.45, 7) is 5.86. The standard InChI is InChI=1S/C11H16ClN3O/c1-2-5-15-6-7-16-9(8-15)11-13-4-3-10(12)14-11/h3-4,9H,2,5-8H2,1H3.